The fourth-order valence-electron chi connectivity index (χ4n) is 4.41. The van der Waals surface area contributed by atoms with E-state index >= 15 is 0 Å². The predicted molar refractivity (Wildman–Crippen MR) is 156 cm³/mol. The Kier molecular flexibility index (Phi) is 10.5. The zero-order valence-electron chi connectivity index (χ0n) is 23.8. The molecule has 9 heteroatoms. The smallest absolute Gasteiger partial charge is 0.264 e. The number of carbonyl (C=O) groups is 2. The van der Waals surface area contributed by atoms with Gasteiger partial charge >= 0.3 is 0 Å². The highest BCUT2D eigenvalue weighted by Crippen LogP contribution is 2.29. The summed E-state index contributed by atoms with van der Waals surface area (Å²) in [4.78, 5) is 28.7. The lowest BCUT2D eigenvalue weighted by Gasteiger charge is -2.33. The predicted octanol–water partition coefficient (Wildman–Crippen LogP) is 5.28. The van der Waals surface area contributed by atoms with E-state index in [4.69, 9.17) is 0 Å². The lowest BCUT2D eigenvalue weighted by molar-refractivity contribution is -0.140. The second kappa shape index (κ2) is 13.6. The van der Waals surface area contributed by atoms with Crippen molar-refractivity contribution in [1.82, 2.24) is 10.2 Å². The molecule has 3 aromatic carbocycles. The summed E-state index contributed by atoms with van der Waals surface area (Å²) in [5, 5.41) is 2.85. The van der Waals surface area contributed by atoms with Crippen LogP contribution in [0.1, 0.15) is 48.9 Å². The third-order valence-electron chi connectivity index (χ3n) is 6.72. The van der Waals surface area contributed by atoms with Crippen molar-refractivity contribution in [2.75, 3.05) is 17.4 Å². The van der Waals surface area contributed by atoms with Crippen LogP contribution in [0.4, 0.5) is 10.1 Å². The average molecular weight is 568 g/mol. The van der Waals surface area contributed by atoms with Crippen molar-refractivity contribution in [2.24, 2.45) is 0 Å². The van der Waals surface area contributed by atoms with Crippen LogP contribution < -0.4 is 9.62 Å². The van der Waals surface area contributed by atoms with Gasteiger partial charge in [0.2, 0.25) is 11.8 Å². The molecule has 0 saturated carbocycles. The molecule has 0 radical (unpaired) electrons. The molecule has 7 nitrogen and oxygen atoms in total. The van der Waals surface area contributed by atoms with Crippen LogP contribution in [0.2, 0.25) is 0 Å². The summed E-state index contributed by atoms with van der Waals surface area (Å²) in [6.45, 7) is 9.19. The Hall–Kier alpha value is -3.72. The minimum absolute atomic E-state index is 0.0163. The minimum atomic E-state index is -4.15. The highest BCUT2D eigenvalue weighted by molar-refractivity contribution is 7.92. The molecule has 0 unspecified atom stereocenters. The second-order valence-corrected chi connectivity index (χ2v) is 11.8. The van der Waals surface area contributed by atoms with Gasteiger partial charge in [-0.3, -0.25) is 13.9 Å². The van der Waals surface area contributed by atoms with Gasteiger partial charge < -0.3 is 10.2 Å². The summed E-state index contributed by atoms with van der Waals surface area (Å²) in [6.07, 6.45) is 1.04. The van der Waals surface area contributed by atoms with Gasteiger partial charge in [0.1, 0.15) is 18.4 Å². The molecule has 0 heterocycles. The molecule has 2 amide bonds. The zero-order valence-corrected chi connectivity index (χ0v) is 24.6. The highest BCUT2D eigenvalue weighted by Gasteiger charge is 2.34. The van der Waals surface area contributed by atoms with E-state index < -0.39 is 34.3 Å². The van der Waals surface area contributed by atoms with Gasteiger partial charge in [0.15, 0.2) is 0 Å². The number of rotatable bonds is 12. The summed E-state index contributed by atoms with van der Waals surface area (Å²) in [7, 11) is -4.15. The van der Waals surface area contributed by atoms with E-state index in [1.165, 1.54) is 29.2 Å². The minimum Gasteiger partial charge on any atom is -0.354 e. The van der Waals surface area contributed by atoms with Gasteiger partial charge in [0.05, 0.1) is 10.6 Å². The van der Waals surface area contributed by atoms with Crippen molar-refractivity contribution < 1.29 is 22.4 Å². The first-order valence-corrected chi connectivity index (χ1v) is 14.9. The molecule has 0 aliphatic rings. The Balaban J connectivity index is 2.09. The number of halogens is 1. The van der Waals surface area contributed by atoms with Crippen molar-refractivity contribution in [2.45, 2.75) is 64.9 Å². The number of amides is 2. The molecule has 0 fully saturated rings. The van der Waals surface area contributed by atoms with Gasteiger partial charge in [-0.15, -0.1) is 0 Å². The molecule has 3 aromatic rings. The second-order valence-electron chi connectivity index (χ2n) is 9.98. The fourth-order valence-corrected chi connectivity index (χ4v) is 5.88. The molecule has 0 bridgehead atoms. The Labute approximate surface area is 237 Å². The largest absolute Gasteiger partial charge is 0.354 e. The standard InChI is InChI=1S/C31H38FN3O4S/c1-6-18-33-31(37)28(7-2)34(20-25-12-14-26(32)15-13-25)30(36)21-35(29-19-23(4)8-11-24(29)5)40(38,39)27-16-9-22(3)10-17-27/h8-17,19,28H,6-7,18,20-21H2,1-5H3,(H,33,37)/t28-/m0/s1. The topological polar surface area (TPSA) is 86.8 Å². The van der Waals surface area contributed by atoms with Crippen LogP contribution in [0, 0.1) is 26.6 Å². The normalized spacial score (nSPS) is 12.1. The number of nitrogens with one attached hydrogen (secondary N) is 1. The molecular formula is C31H38FN3O4S. The maximum absolute atomic E-state index is 14.1. The number of hydrogen-bond acceptors (Lipinski definition) is 4. The van der Waals surface area contributed by atoms with Crippen molar-refractivity contribution >= 4 is 27.5 Å². The lowest BCUT2D eigenvalue weighted by Crippen LogP contribution is -2.52. The fraction of sp³-hybridized carbons (Fsp3) is 0.355. The van der Waals surface area contributed by atoms with Crippen LogP contribution in [-0.2, 0) is 26.2 Å². The quantitative estimate of drug-likeness (QED) is 0.323. The molecule has 0 spiro atoms. The first-order chi connectivity index (χ1) is 19.0. The van der Waals surface area contributed by atoms with Crippen LogP contribution in [0.15, 0.2) is 71.6 Å². The summed E-state index contributed by atoms with van der Waals surface area (Å²) in [5.41, 5.74) is 3.44. The summed E-state index contributed by atoms with van der Waals surface area (Å²) in [5.74, 6) is -1.28. The highest BCUT2D eigenvalue weighted by atomic mass is 32.2. The number of hydrogen-bond donors (Lipinski definition) is 1. The maximum Gasteiger partial charge on any atom is 0.264 e. The van der Waals surface area contributed by atoms with Crippen molar-refractivity contribution in [3.05, 3.63) is 94.8 Å². The summed E-state index contributed by atoms with van der Waals surface area (Å²) in [6, 6.07) is 16.8. The lowest BCUT2D eigenvalue weighted by atomic mass is 10.1. The molecule has 0 saturated heterocycles. The van der Waals surface area contributed by atoms with E-state index in [0.717, 1.165) is 21.9 Å². The van der Waals surface area contributed by atoms with Gasteiger partial charge in [-0.25, -0.2) is 12.8 Å². The van der Waals surface area contributed by atoms with Crippen molar-refractivity contribution in [3.63, 3.8) is 0 Å². The Bertz CT molecular complexity index is 1420. The number of anilines is 1. The number of benzene rings is 3. The number of sulfonamides is 1. The third kappa shape index (κ3) is 7.47. The number of aryl methyl sites for hydroxylation is 3. The van der Waals surface area contributed by atoms with E-state index in [1.807, 2.05) is 32.9 Å². The van der Waals surface area contributed by atoms with E-state index in [9.17, 15) is 22.4 Å². The van der Waals surface area contributed by atoms with E-state index in [0.29, 0.717) is 29.8 Å². The molecule has 1 N–H and O–H groups in total. The molecule has 40 heavy (non-hydrogen) atoms. The Morgan fingerprint density at radius 3 is 2.12 bits per heavy atom. The number of nitrogens with zero attached hydrogens (tertiary/aromatic N) is 2. The van der Waals surface area contributed by atoms with E-state index in [2.05, 4.69) is 5.32 Å². The molecule has 1 atom stereocenters. The van der Waals surface area contributed by atoms with E-state index in [-0.39, 0.29) is 17.3 Å². The molecular weight excluding hydrogens is 529 g/mol. The third-order valence-corrected chi connectivity index (χ3v) is 8.50. The van der Waals surface area contributed by atoms with Gasteiger partial charge in [0.25, 0.3) is 10.0 Å². The maximum atomic E-state index is 14.1. The summed E-state index contributed by atoms with van der Waals surface area (Å²) < 4.78 is 42.7. The first kappa shape index (κ1) is 30.8. The Morgan fingerprint density at radius 2 is 1.52 bits per heavy atom. The van der Waals surface area contributed by atoms with Gasteiger partial charge in [-0.05, 0) is 80.6 Å². The van der Waals surface area contributed by atoms with Crippen LogP contribution >= 0.6 is 0 Å². The Morgan fingerprint density at radius 1 is 0.900 bits per heavy atom. The van der Waals surface area contributed by atoms with Crippen LogP contribution in [0.25, 0.3) is 0 Å². The number of carbonyl (C=O) groups excluding carboxylic acids is 2. The molecule has 214 valence electrons. The summed E-state index contributed by atoms with van der Waals surface area (Å²) >= 11 is 0. The van der Waals surface area contributed by atoms with Gasteiger partial charge in [0, 0.05) is 13.1 Å². The zero-order chi connectivity index (χ0) is 29.4. The molecule has 3 rings (SSSR count). The molecule has 0 aromatic heterocycles. The first-order valence-electron chi connectivity index (χ1n) is 13.5. The van der Waals surface area contributed by atoms with Crippen LogP contribution in [0.5, 0.6) is 0 Å². The molecule has 0 aliphatic heterocycles. The van der Waals surface area contributed by atoms with Gasteiger partial charge in [-0.2, -0.15) is 0 Å². The van der Waals surface area contributed by atoms with Crippen molar-refractivity contribution in [1.29, 1.82) is 0 Å². The molecule has 0 aliphatic carbocycles. The average Bonchev–Trinajstić information content (AvgIpc) is 2.93. The SMILES string of the molecule is CCCNC(=O)[C@H](CC)N(Cc1ccc(F)cc1)C(=O)CN(c1cc(C)ccc1C)S(=O)(=O)c1ccc(C)cc1. The monoisotopic (exact) mass is 567 g/mol. The van der Waals surface area contributed by atoms with Crippen LogP contribution in [-0.4, -0.2) is 44.3 Å². The van der Waals surface area contributed by atoms with Crippen molar-refractivity contribution in [3.8, 4) is 0 Å². The van der Waals surface area contributed by atoms with Gasteiger partial charge in [-0.1, -0.05) is 55.8 Å². The van der Waals surface area contributed by atoms with Crippen LogP contribution in [0.3, 0.4) is 0 Å². The van der Waals surface area contributed by atoms with E-state index in [1.54, 1.807) is 44.2 Å².